The monoisotopic (exact) mass is 477 g/mol. The SMILES string of the molecule is CCC(C(=O)NCc1cccc(CN2CCCC2)c1)N(c1ccc(C)c(Cl)c1)S(C)(=O)=O. The third-order valence-corrected chi connectivity index (χ3v) is 7.39. The minimum atomic E-state index is -3.70. The van der Waals surface area contributed by atoms with Crippen molar-refractivity contribution in [3.8, 4) is 0 Å². The molecule has 0 aliphatic carbocycles. The molecule has 0 radical (unpaired) electrons. The molecule has 1 atom stereocenters. The van der Waals surface area contributed by atoms with E-state index in [0.29, 0.717) is 23.7 Å². The van der Waals surface area contributed by atoms with Crippen LogP contribution in [0.25, 0.3) is 0 Å². The number of likely N-dealkylation sites (tertiary alicyclic amines) is 1. The predicted molar refractivity (Wildman–Crippen MR) is 130 cm³/mol. The molecule has 0 bridgehead atoms. The molecule has 1 aliphatic heterocycles. The summed E-state index contributed by atoms with van der Waals surface area (Å²) >= 11 is 6.23. The van der Waals surface area contributed by atoms with Crippen molar-refractivity contribution in [2.75, 3.05) is 23.7 Å². The van der Waals surface area contributed by atoms with E-state index in [0.717, 1.165) is 41.3 Å². The number of hydrogen-bond donors (Lipinski definition) is 1. The van der Waals surface area contributed by atoms with Crippen LogP contribution in [0.5, 0.6) is 0 Å². The number of sulfonamides is 1. The number of nitrogens with zero attached hydrogens (tertiary/aromatic N) is 2. The molecule has 1 aliphatic rings. The third kappa shape index (κ3) is 6.24. The van der Waals surface area contributed by atoms with E-state index in [2.05, 4.69) is 22.3 Å². The minimum absolute atomic E-state index is 0.333. The highest BCUT2D eigenvalue weighted by molar-refractivity contribution is 7.92. The molecule has 1 fully saturated rings. The van der Waals surface area contributed by atoms with Gasteiger partial charge in [-0.25, -0.2) is 8.42 Å². The first-order chi connectivity index (χ1) is 15.2. The highest BCUT2D eigenvalue weighted by Crippen LogP contribution is 2.27. The van der Waals surface area contributed by atoms with Gasteiger partial charge < -0.3 is 5.32 Å². The van der Waals surface area contributed by atoms with E-state index < -0.39 is 16.1 Å². The molecular formula is C24H32ClN3O3S. The summed E-state index contributed by atoms with van der Waals surface area (Å²) in [4.78, 5) is 15.5. The van der Waals surface area contributed by atoms with Crippen molar-refractivity contribution >= 4 is 33.2 Å². The van der Waals surface area contributed by atoms with Gasteiger partial charge in [0.05, 0.1) is 11.9 Å². The molecule has 174 valence electrons. The summed E-state index contributed by atoms with van der Waals surface area (Å²) in [5.74, 6) is -0.334. The fraction of sp³-hybridized carbons (Fsp3) is 0.458. The van der Waals surface area contributed by atoms with Gasteiger partial charge in [-0.3, -0.25) is 14.0 Å². The second kappa shape index (κ2) is 10.7. The van der Waals surface area contributed by atoms with Gasteiger partial charge in [-0.05, 0) is 68.1 Å². The quantitative estimate of drug-likeness (QED) is 0.590. The van der Waals surface area contributed by atoms with E-state index in [-0.39, 0.29) is 5.91 Å². The van der Waals surface area contributed by atoms with Crippen LogP contribution in [0.4, 0.5) is 5.69 Å². The Kier molecular flexibility index (Phi) is 8.20. The number of amides is 1. The fourth-order valence-corrected chi connectivity index (χ4v) is 5.50. The van der Waals surface area contributed by atoms with Crippen LogP contribution in [0.3, 0.4) is 0 Å². The Labute approximate surface area is 196 Å². The largest absolute Gasteiger partial charge is 0.350 e. The summed E-state index contributed by atoms with van der Waals surface area (Å²) in [6, 6.07) is 12.3. The Morgan fingerprint density at radius 2 is 1.84 bits per heavy atom. The number of halogens is 1. The minimum Gasteiger partial charge on any atom is -0.350 e. The summed E-state index contributed by atoms with van der Waals surface area (Å²) in [7, 11) is -3.70. The van der Waals surface area contributed by atoms with Gasteiger partial charge >= 0.3 is 0 Å². The summed E-state index contributed by atoms with van der Waals surface area (Å²) in [5.41, 5.74) is 3.44. The first kappa shape index (κ1) is 24.6. The standard InChI is InChI=1S/C24H32ClN3O3S/c1-4-23(28(32(3,30)31)21-11-10-18(2)22(25)15-21)24(29)26-16-19-8-7-9-20(14-19)17-27-12-5-6-13-27/h7-11,14-15,23H,4-6,12-13,16-17H2,1-3H3,(H,26,29). The number of anilines is 1. The Morgan fingerprint density at radius 3 is 2.47 bits per heavy atom. The Balaban J connectivity index is 1.73. The number of nitrogens with one attached hydrogen (secondary N) is 1. The molecule has 1 N–H and O–H groups in total. The first-order valence-electron chi connectivity index (χ1n) is 11.0. The summed E-state index contributed by atoms with van der Waals surface area (Å²) in [6.07, 6.45) is 3.94. The molecule has 2 aromatic carbocycles. The van der Waals surface area contributed by atoms with E-state index in [1.54, 1.807) is 25.1 Å². The molecule has 1 amide bonds. The molecule has 8 heteroatoms. The highest BCUT2D eigenvalue weighted by Gasteiger charge is 2.31. The molecule has 1 heterocycles. The molecule has 1 unspecified atom stereocenters. The van der Waals surface area contributed by atoms with E-state index in [1.165, 1.54) is 18.4 Å². The maximum atomic E-state index is 13.1. The van der Waals surface area contributed by atoms with Crippen LogP contribution < -0.4 is 9.62 Å². The number of aryl methyl sites for hydroxylation is 1. The molecule has 6 nitrogen and oxygen atoms in total. The van der Waals surface area contributed by atoms with E-state index in [1.807, 2.05) is 19.1 Å². The lowest BCUT2D eigenvalue weighted by atomic mass is 10.1. The van der Waals surface area contributed by atoms with Crippen molar-refractivity contribution < 1.29 is 13.2 Å². The first-order valence-corrected chi connectivity index (χ1v) is 13.2. The Hall–Kier alpha value is -2.09. The number of carbonyl (C=O) groups excluding carboxylic acids is 1. The van der Waals surface area contributed by atoms with Crippen LogP contribution in [0.15, 0.2) is 42.5 Å². The van der Waals surface area contributed by atoms with Crippen LogP contribution in [-0.2, 0) is 27.9 Å². The van der Waals surface area contributed by atoms with Crippen molar-refractivity contribution in [3.05, 3.63) is 64.2 Å². The zero-order valence-electron chi connectivity index (χ0n) is 19.0. The van der Waals surface area contributed by atoms with Gasteiger partial charge in [0.1, 0.15) is 6.04 Å². The van der Waals surface area contributed by atoms with Gasteiger partial charge in [0.2, 0.25) is 15.9 Å². The van der Waals surface area contributed by atoms with E-state index in [4.69, 9.17) is 11.6 Å². The molecule has 2 aromatic rings. The van der Waals surface area contributed by atoms with Gasteiger partial charge in [0.15, 0.2) is 0 Å². The third-order valence-electron chi connectivity index (χ3n) is 5.80. The van der Waals surface area contributed by atoms with Crippen molar-refractivity contribution in [2.45, 2.75) is 52.2 Å². The highest BCUT2D eigenvalue weighted by atomic mass is 35.5. The van der Waals surface area contributed by atoms with Crippen LogP contribution in [0, 0.1) is 6.92 Å². The van der Waals surface area contributed by atoms with Gasteiger partial charge in [0, 0.05) is 18.1 Å². The van der Waals surface area contributed by atoms with Crippen LogP contribution in [-0.4, -0.2) is 44.6 Å². The van der Waals surface area contributed by atoms with Crippen molar-refractivity contribution in [3.63, 3.8) is 0 Å². The molecule has 1 saturated heterocycles. The van der Waals surface area contributed by atoms with Crippen LogP contribution in [0.2, 0.25) is 5.02 Å². The lowest BCUT2D eigenvalue weighted by Gasteiger charge is -2.30. The van der Waals surface area contributed by atoms with Gasteiger partial charge in [-0.1, -0.05) is 48.9 Å². The summed E-state index contributed by atoms with van der Waals surface area (Å²) < 4.78 is 26.4. The van der Waals surface area contributed by atoms with Crippen molar-refractivity contribution in [1.82, 2.24) is 10.2 Å². The lowest BCUT2D eigenvalue weighted by Crippen LogP contribution is -2.49. The maximum absolute atomic E-state index is 13.1. The maximum Gasteiger partial charge on any atom is 0.244 e. The molecule has 0 aromatic heterocycles. The molecule has 0 spiro atoms. The van der Waals surface area contributed by atoms with Crippen molar-refractivity contribution in [2.24, 2.45) is 0 Å². The van der Waals surface area contributed by atoms with Gasteiger partial charge in [0.25, 0.3) is 0 Å². The predicted octanol–water partition coefficient (Wildman–Crippen LogP) is 4.11. The Morgan fingerprint density at radius 1 is 1.16 bits per heavy atom. The van der Waals surface area contributed by atoms with Crippen LogP contribution >= 0.6 is 11.6 Å². The molecule has 32 heavy (non-hydrogen) atoms. The Bertz CT molecular complexity index is 1050. The molecule has 3 rings (SSSR count). The number of carbonyl (C=O) groups is 1. The second-order valence-electron chi connectivity index (χ2n) is 8.44. The number of rotatable bonds is 9. The number of benzene rings is 2. The van der Waals surface area contributed by atoms with E-state index >= 15 is 0 Å². The lowest BCUT2D eigenvalue weighted by molar-refractivity contribution is -0.122. The van der Waals surface area contributed by atoms with Crippen molar-refractivity contribution in [1.29, 1.82) is 0 Å². The van der Waals surface area contributed by atoms with E-state index in [9.17, 15) is 13.2 Å². The summed E-state index contributed by atoms with van der Waals surface area (Å²) in [5, 5.41) is 3.39. The van der Waals surface area contributed by atoms with Gasteiger partial charge in [-0.15, -0.1) is 0 Å². The normalized spacial score (nSPS) is 15.5. The van der Waals surface area contributed by atoms with Gasteiger partial charge in [-0.2, -0.15) is 0 Å². The average Bonchev–Trinajstić information content (AvgIpc) is 3.25. The molecule has 0 saturated carbocycles. The zero-order chi connectivity index (χ0) is 23.3. The topological polar surface area (TPSA) is 69.7 Å². The average molecular weight is 478 g/mol. The van der Waals surface area contributed by atoms with Crippen LogP contribution in [0.1, 0.15) is 42.9 Å². The summed E-state index contributed by atoms with van der Waals surface area (Å²) in [6.45, 7) is 7.16. The second-order valence-corrected chi connectivity index (χ2v) is 10.7. The molecular weight excluding hydrogens is 446 g/mol. The smallest absolute Gasteiger partial charge is 0.244 e. The fourth-order valence-electron chi connectivity index (χ4n) is 4.12. The number of hydrogen-bond acceptors (Lipinski definition) is 4. The zero-order valence-corrected chi connectivity index (χ0v) is 20.5.